The Morgan fingerprint density at radius 2 is 2.38 bits per heavy atom. The molecule has 1 aromatic carbocycles. The summed E-state index contributed by atoms with van der Waals surface area (Å²) in [7, 11) is 0. The Labute approximate surface area is 97.1 Å². The van der Waals surface area contributed by atoms with Crippen LogP contribution in [0.5, 0.6) is 0 Å². The number of carbonyl (C=O) groups is 1. The lowest BCUT2D eigenvalue weighted by Crippen LogP contribution is -1.85. The molecule has 0 bridgehead atoms. The van der Waals surface area contributed by atoms with E-state index < -0.39 is 0 Å². The van der Waals surface area contributed by atoms with Crippen molar-refractivity contribution in [2.24, 2.45) is 0 Å². The molecule has 82 valence electrons. The molecule has 0 fully saturated rings. The van der Waals surface area contributed by atoms with Gasteiger partial charge in [0.05, 0.1) is 5.75 Å². The highest BCUT2D eigenvalue weighted by Gasteiger charge is 2.05. The Bertz CT molecular complexity index is 496. The fraction of sp³-hybridized carbons (Fsp3) is 0.182. The second kappa shape index (κ2) is 4.94. The zero-order chi connectivity index (χ0) is 11.4. The van der Waals surface area contributed by atoms with Gasteiger partial charge < -0.3 is 4.52 Å². The van der Waals surface area contributed by atoms with Gasteiger partial charge in [-0.25, -0.2) is 0 Å². The minimum absolute atomic E-state index is 0.0276. The summed E-state index contributed by atoms with van der Waals surface area (Å²) in [5.74, 6) is 1.16. The zero-order valence-electron chi connectivity index (χ0n) is 8.71. The number of carbonyl (C=O) groups excluding carboxylic acids is 1. The minimum atomic E-state index is 0.0276. The van der Waals surface area contributed by atoms with E-state index in [2.05, 4.69) is 20.7 Å². The minimum Gasteiger partial charge on any atom is -0.331 e. The molecule has 0 atom stereocenters. The first-order valence-corrected chi connectivity index (χ1v) is 5.74. The molecule has 1 heterocycles. The van der Waals surface area contributed by atoms with E-state index in [9.17, 15) is 4.79 Å². The lowest BCUT2D eigenvalue weighted by atomic mass is 10.2. The molecule has 0 radical (unpaired) electrons. The van der Waals surface area contributed by atoms with Gasteiger partial charge in [-0.2, -0.15) is 4.98 Å². The van der Waals surface area contributed by atoms with E-state index in [1.165, 1.54) is 5.56 Å². The molecule has 4 nitrogen and oxygen atoms in total. The van der Waals surface area contributed by atoms with Gasteiger partial charge in [-0.15, -0.1) is 11.8 Å². The van der Waals surface area contributed by atoms with Gasteiger partial charge in [0.25, 0.3) is 5.89 Å². The molecule has 5 heteroatoms. The lowest BCUT2D eigenvalue weighted by Gasteiger charge is -1.99. The summed E-state index contributed by atoms with van der Waals surface area (Å²) in [6.45, 7) is 2.04. The van der Waals surface area contributed by atoms with Gasteiger partial charge in [-0.1, -0.05) is 22.9 Å². The highest BCUT2D eigenvalue weighted by molar-refractivity contribution is 7.98. The number of rotatable bonds is 4. The molecule has 0 saturated carbocycles. The van der Waals surface area contributed by atoms with Crippen molar-refractivity contribution in [2.45, 2.75) is 17.6 Å². The smallest absolute Gasteiger partial charge is 0.290 e. The molecule has 0 aliphatic carbocycles. The molecule has 0 unspecified atom stereocenters. The topological polar surface area (TPSA) is 56.0 Å². The van der Waals surface area contributed by atoms with Crippen LogP contribution in [0.4, 0.5) is 0 Å². The van der Waals surface area contributed by atoms with Crippen molar-refractivity contribution in [1.29, 1.82) is 0 Å². The normalized spacial score (nSPS) is 10.3. The van der Waals surface area contributed by atoms with E-state index in [0.29, 0.717) is 17.9 Å². The predicted octanol–water partition coefficient (Wildman–Crippen LogP) is 2.48. The van der Waals surface area contributed by atoms with Gasteiger partial charge in [0, 0.05) is 4.90 Å². The molecule has 0 N–H and O–H groups in total. The molecule has 0 spiro atoms. The summed E-state index contributed by atoms with van der Waals surface area (Å²) in [4.78, 5) is 15.4. The molecule has 0 aliphatic heterocycles. The van der Waals surface area contributed by atoms with E-state index in [0.717, 1.165) is 4.90 Å². The SMILES string of the molecule is Cc1cccc(SCc2noc(C=O)n2)c1. The van der Waals surface area contributed by atoms with Crippen LogP contribution in [-0.2, 0) is 5.75 Å². The van der Waals surface area contributed by atoms with E-state index in [-0.39, 0.29) is 5.89 Å². The zero-order valence-corrected chi connectivity index (χ0v) is 9.53. The monoisotopic (exact) mass is 234 g/mol. The third-order valence-corrected chi connectivity index (χ3v) is 2.93. The molecule has 0 aliphatic rings. The number of hydrogen-bond acceptors (Lipinski definition) is 5. The number of aryl methyl sites for hydroxylation is 1. The van der Waals surface area contributed by atoms with Crippen LogP contribution in [0.3, 0.4) is 0 Å². The molecule has 0 amide bonds. The number of aromatic nitrogens is 2. The quantitative estimate of drug-likeness (QED) is 0.601. The third-order valence-electron chi connectivity index (χ3n) is 1.94. The van der Waals surface area contributed by atoms with Crippen LogP contribution in [0.25, 0.3) is 0 Å². The van der Waals surface area contributed by atoms with Crippen LogP contribution in [0, 0.1) is 6.92 Å². The van der Waals surface area contributed by atoms with Crippen molar-refractivity contribution in [1.82, 2.24) is 10.1 Å². The average Bonchev–Trinajstić information content (AvgIpc) is 2.74. The fourth-order valence-corrected chi connectivity index (χ4v) is 2.08. The maximum Gasteiger partial charge on any atom is 0.290 e. The Kier molecular flexibility index (Phi) is 3.36. The second-order valence-electron chi connectivity index (χ2n) is 3.27. The Morgan fingerprint density at radius 1 is 1.50 bits per heavy atom. The lowest BCUT2D eigenvalue weighted by molar-refractivity contribution is 0.108. The van der Waals surface area contributed by atoms with E-state index in [4.69, 9.17) is 0 Å². The van der Waals surface area contributed by atoms with E-state index in [1.807, 2.05) is 25.1 Å². The second-order valence-corrected chi connectivity index (χ2v) is 4.32. The van der Waals surface area contributed by atoms with Crippen LogP contribution >= 0.6 is 11.8 Å². The molecule has 2 aromatic rings. The third kappa shape index (κ3) is 2.70. The number of hydrogen-bond donors (Lipinski definition) is 0. The van der Waals surface area contributed by atoms with Crippen LogP contribution in [-0.4, -0.2) is 16.4 Å². The number of benzene rings is 1. The van der Waals surface area contributed by atoms with Crippen molar-refractivity contribution in [2.75, 3.05) is 0 Å². The van der Waals surface area contributed by atoms with Gasteiger partial charge in [-0.05, 0) is 19.1 Å². The Hall–Kier alpha value is -1.62. The standard InChI is InChI=1S/C11H10N2O2S/c1-8-3-2-4-9(5-8)16-7-10-12-11(6-14)15-13-10/h2-6H,7H2,1H3. The van der Waals surface area contributed by atoms with Crippen molar-refractivity contribution >= 4 is 18.0 Å². The molecular formula is C11H10N2O2S. The first-order chi connectivity index (χ1) is 7.78. The van der Waals surface area contributed by atoms with Gasteiger partial charge >= 0.3 is 0 Å². The average molecular weight is 234 g/mol. The number of nitrogens with zero attached hydrogens (tertiary/aromatic N) is 2. The number of thioether (sulfide) groups is 1. The summed E-state index contributed by atoms with van der Waals surface area (Å²) in [5, 5.41) is 3.69. The van der Waals surface area contributed by atoms with E-state index in [1.54, 1.807) is 11.8 Å². The van der Waals surface area contributed by atoms with Crippen LogP contribution < -0.4 is 0 Å². The van der Waals surface area contributed by atoms with Crippen molar-refractivity contribution in [3.63, 3.8) is 0 Å². The van der Waals surface area contributed by atoms with Crippen molar-refractivity contribution in [3.8, 4) is 0 Å². The predicted molar refractivity (Wildman–Crippen MR) is 60.4 cm³/mol. The number of aldehydes is 1. The molecular weight excluding hydrogens is 224 g/mol. The largest absolute Gasteiger partial charge is 0.331 e. The molecule has 0 saturated heterocycles. The first kappa shape index (κ1) is 10.9. The Morgan fingerprint density at radius 3 is 3.06 bits per heavy atom. The summed E-state index contributed by atoms with van der Waals surface area (Å²) in [6, 6.07) is 8.16. The molecule has 16 heavy (non-hydrogen) atoms. The maximum absolute atomic E-state index is 10.3. The molecule has 1 aromatic heterocycles. The van der Waals surface area contributed by atoms with Crippen LogP contribution in [0.2, 0.25) is 0 Å². The van der Waals surface area contributed by atoms with Crippen molar-refractivity contribution in [3.05, 3.63) is 41.5 Å². The fourth-order valence-electron chi connectivity index (χ4n) is 1.23. The van der Waals surface area contributed by atoms with Gasteiger partial charge in [0.1, 0.15) is 0 Å². The van der Waals surface area contributed by atoms with Crippen LogP contribution in [0.1, 0.15) is 22.1 Å². The molecule has 2 rings (SSSR count). The van der Waals surface area contributed by atoms with Gasteiger partial charge in [0.2, 0.25) is 6.29 Å². The summed E-state index contributed by atoms with van der Waals surface area (Å²) in [6.07, 6.45) is 0.549. The van der Waals surface area contributed by atoms with Gasteiger partial charge in [-0.3, -0.25) is 4.79 Å². The highest BCUT2D eigenvalue weighted by Crippen LogP contribution is 2.22. The summed E-state index contributed by atoms with van der Waals surface area (Å²) < 4.78 is 4.68. The first-order valence-electron chi connectivity index (χ1n) is 4.75. The van der Waals surface area contributed by atoms with E-state index >= 15 is 0 Å². The van der Waals surface area contributed by atoms with Gasteiger partial charge in [0.15, 0.2) is 5.82 Å². The van der Waals surface area contributed by atoms with Crippen LogP contribution in [0.15, 0.2) is 33.7 Å². The maximum atomic E-state index is 10.3. The Balaban J connectivity index is 1.99. The van der Waals surface area contributed by atoms with Crippen molar-refractivity contribution < 1.29 is 9.32 Å². The highest BCUT2D eigenvalue weighted by atomic mass is 32.2. The summed E-state index contributed by atoms with van der Waals surface area (Å²) in [5.41, 5.74) is 1.21. The summed E-state index contributed by atoms with van der Waals surface area (Å²) >= 11 is 1.61.